The van der Waals surface area contributed by atoms with Crippen molar-refractivity contribution in [2.75, 3.05) is 5.43 Å². The number of H-pyrrole nitrogens is 1. The van der Waals surface area contributed by atoms with Gasteiger partial charge in [0.1, 0.15) is 0 Å². The Hall–Kier alpha value is -2.00. The number of rotatable bonds is 2. The van der Waals surface area contributed by atoms with Crippen LogP contribution in [0.15, 0.2) is 10.7 Å². The number of anilines is 1. The number of hydrazine groups is 1. The van der Waals surface area contributed by atoms with Gasteiger partial charge in [-0.25, -0.2) is 10.5 Å². The Morgan fingerprint density at radius 2 is 2.16 bits per heavy atom. The lowest BCUT2D eigenvalue weighted by atomic mass is 10.3. The first-order chi connectivity index (χ1) is 9.11. The molecule has 0 radical (unpaired) electrons. The van der Waals surface area contributed by atoms with Gasteiger partial charge < -0.3 is 0 Å². The van der Waals surface area contributed by atoms with Crippen molar-refractivity contribution in [1.29, 1.82) is 0 Å². The zero-order valence-electron chi connectivity index (χ0n) is 10.3. The van der Waals surface area contributed by atoms with Gasteiger partial charge in [0.2, 0.25) is 5.95 Å². The van der Waals surface area contributed by atoms with Crippen molar-refractivity contribution < 1.29 is 0 Å². The van der Waals surface area contributed by atoms with E-state index in [-0.39, 0.29) is 0 Å². The zero-order valence-corrected chi connectivity index (χ0v) is 11.9. The molecule has 0 aliphatic carbocycles. The van der Waals surface area contributed by atoms with E-state index >= 15 is 0 Å². The van der Waals surface area contributed by atoms with Crippen molar-refractivity contribution in [2.24, 2.45) is 5.84 Å². The molecule has 3 aromatic rings. The predicted molar refractivity (Wildman–Crippen MR) is 73.8 cm³/mol. The average molecular weight is 323 g/mol. The van der Waals surface area contributed by atoms with Crippen molar-refractivity contribution in [1.82, 2.24) is 29.9 Å². The van der Waals surface area contributed by atoms with E-state index in [2.05, 4.69) is 46.6 Å². The molecular formula is C10H11BrN8. The molecular weight excluding hydrogens is 312 g/mol. The number of aromatic amines is 1. The number of halogens is 1. The number of nitrogen functional groups attached to an aromatic ring is 1. The Labute approximate surface area is 116 Å². The number of hydrogen-bond donors (Lipinski definition) is 3. The van der Waals surface area contributed by atoms with Gasteiger partial charge in [0, 0.05) is 0 Å². The number of nitrogens with two attached hydrogens (primary N) is 1. The second-order valence-corrected chi connectivity index (χ2v) is 4.84. The SMILES string of the molecule is Cc1nn(-c2nc(NN)nc3[nH]ncc23)c(C)c1Br. The molecule has 0 atom stereocenters. The third-order valence-electron chi connectivity index (χ3n) is 2.82. The fraction of sp³-hybridized carbons (Fsp3) is 0.200. The summed E-state index contributed by atoms with van der Waals surface area (Å²) >= 11 is 3.50. The molecule has 0 aliphatic rings. The minimum atomic E-state index is 0.301. The molecule has 0 aromatic carbocycles. The maximum absolute atomic E-state index is 5.38. The summed E-state index contributed by atoms with van der Waals surface area (Å²) in [7, 11) is 0. The van der Waals surface area contributed by atoms with E-state index in [1.807, 2.05) is 13.8 Å². The number of aromatic nitrogens is 6. The standard InChI is InChI=1S/C10H11BrN8/c1-4-7(11)5(2)19(18-4)9-6-3-13-17-8(6)14-10(15-9)16-12/h3H,12H2,1-2H3,(H2,13,14,15,16,17). The van der Waals surface area contributed by atoms with Crippen LogP contribution in [-0.4, -0.2) is 29.9 Å². The highest BCUT2D eigenvalue weighted by Crippen LogP contribution is 2.25. The first-order valence-electron chi connectivity index (χ1n) is 5.51. The van der Waals surface area contributed by atoms with Gasteiger partial charge in [-0.2, -0.15) is 20.2 Å². The van der Waals surface area contributed by atoms with Crippen LogP contribution < -0.4 is 11.3 Å². The van der Waals surface area contributed by atoms with Crippen LogP contribution in [0, 0.1) is 13.8 Å². The smallest absolute Gasteiger partial charge is 0.241 e. The summed E-state index contributed by atoms with van der Waals surface area (Å²) in [5.41, 5.74) is 4.87. The van der Waals surface area contributed by atoms with E-state index in [0.29, 0.717) is 17.4 Å². The summed E-state index contributed by atoms with van der Waals surface area (Å²) in [5.74, 6) is 6.31. The zero-order chi connectivity index (χ0) is 13.6. The molecule has 19 heavy (non-hydrogen) atoms. The number of nitrogens with one attached hydrogen (secondary N) is 2. The molecule has 3 rings (SSSR count). The maximum atomic E-state index is 5.38. The second-order valence-electron chi connectivity index (χ2n) is 4.04. The largest absolute Gasteiger partial charge is 0.292 e. The molecule has 0 aliphatic heterocycles. The van der Waals surface area contributed by atoms with Gasteiger partial charge in [-0.05, 0) is 29.8 Å². The van der Waals surface area contributed by atoms with Gasteiger partial charge >= 0.3 is 0 Å². The van der Waals surface area contributed by atoms with Crippen LogP contribution in [-0.2, 0) is 0 Å². The van der Waals surface area contributed by atoms with Crippen LogP contribution in [0.5, 0.6) is 0 Å². The van der Waals surface area contributed by atoms with Crippen LogP contribution >= 0.6 is 15.9 Å². The fourth-order valence-electron chi connectivity index (χ4n) is 1.88. The Morgan fingerprint density at radius 1 is 1.37 bits per heavy atom. The summed E-state index contributed by atoms with van der Waals surface area (Å²) in [6, 6.07) is 0. The Kier molecular flexibility index (Phi) is 2.72. The molecule has 98 valence electrons. The van der Waals surface area contributed by atoms with E-state index in [1.165, 1.54) is 0 Å². The van der Waals surface area contributed by atoms with Gasteiger partial charge in [0.05, 0.1) is 27.4 Å². The number of aryl methyl sites for hydroxylation is 1. The monoisotopic (exact) mass is 322 g/mol. The highest BCUT2D eigenvalue weighted by molar-refractivity contribution is 9.10. The molecule has 9 heteroatoms. The average Bonchev–Trinajstić information content (AvgIpc) is 2.98. The highest BCUT2D eigenvalue weighted by Gasteiger charge is 2.16. The van der Waals surface area contributed by atoms with Crippen molar-refractivity contribution in [3.8, 4) is 5.82 Å². The molecule has 0 saturated carbocycles. The van der Waals surface area contributed by atoms with Crippen molar-refractivity contribution in [2.45, 2.75) is 13.8 Å². The summed E-state index contributed by atoms with van der Waals surface area (Å²) in [6.07, 6.45) is 1.66. The summed E-state index contributed by atoms with van der Waals surface area (Å²) in [6.45, 7) is 3.87. The normalized spacial score (nSPS) is 11.2. The second kappa shape index (κ2) is 4.28. The maximum Gasteiger partial charge on any atom is 0.241 e. The third kappa shape index (κ3) is 1.78. The van der Waals surface area contributed by atoms with Gasteiger partial charge in [-0.15, -0.1) is 0 Å². The van der Waals surface area contributed by atoms with E-state index < -0.39 is 0 Å². The lowest BCUT2D eigenvalue weighted by molar-refractivity contribution is 0.810. The molecule has 8 nitrogen and oxygen atoms in total. The molecule has 3 aromatic heterocycles. The Morgan fingerprint density at radius 3 is 2.79 bits per heavy atom. The Balaban J connectivity index is 2.34. The van der Waals surface area contributed by atoms with Gasteiger partial charge in [0.25, 0.3) is 0 Å². The van der Waals surface area contributed by atoms with Crippen molar-refractivity contribution >= 4 is 32.9 Å². The number of hydrogen-bond acceptors (Lipinski definition) is 6. The molecule has 0 spiro atoms. The first kappa shape index (κ1) is 12.1. The summed E-state index contributed by atoms with van der Waals surface area (Å²) < 4.78 is 2.68. The van der Waals surface area contributed by atoms with E-state index in [9.17, 15) is 0 Å². The quantitative estimate of drug-likeness (QED) is 0.483. The van der Waals surface area contributed by atoms with Crippen molar-refractivity contribution in [3.63, 3.8) is 0 Å². The highest BCUT2D eigenvalue weighted by atomic mass is 79.9. The molecule has 0 amide bonds. The van der Waals surface area contributed by atoms with Gasteiger partial charge in [-0.3, -0.25) is 10.5 Å². The molecule has 0 unspecified atom stereocenters. The summed E-state index contributed by atoms with van der Waals surface area (Å²) in [4.78, 5) is 8.53. The minimum Gasteiger partial charge on any atom is -0.292 e. The molecule has 3 heterocycles. The van der Waals surface area contributed by atoms with Crippen LogP contribution in [0.1, 0.15) is 11.4 Å². The first-order valence-corrected chi connectivity index (χ1v) is 6.31. The van der Waals surface area contributed by atoms with Crippen LogP contribution in [0.2, 0.25) is 0 Å². The van der Waals surface area contributed by atoms with Crippen LogP contribution in [0.3, 0.4) is 0 Å². The summed E-state index contributed by atoms with van der Waals surface area (Å²) in [5, 5.41) is 12.0. The lowest BCUT2D eigenvalue weighted by Gasteiger charge is -2.06. The van der Waals surface area contributed by atoms with Gasteiger partial charge in [-0.1, -0.05) is 0 Å². The predicted octanol–water partition coefficient (Wildman–Crippen LogP) is 1.20. The molecule has 0 fully saturated rings. The molecule has 0 bridgehead atoms. The van der Waals surface area contributed by atoms with E-state index in [0.717, 1.165) is 21.2 Å². The number of nitrogens with zero attached hydrogens (tertiary/aromatic N) is 5. The fourth-order valence-corrected chi connectivity index (χ4v) is 2.12. The minimum absolute atomic E-state index is 0.301. The Bertz CT molecular complexity index is 758. The molecule has 4 N–H and O–H groups in total. The lowest BCUT2D eigenvalue weighted by Crippen LogP contribution is -2.13. The van der Waals surface area contributed by atoms with Gasteiger partial charge in [0.15, 0.2) is 11.5 Å². The van der Waals surface area contributed by atoms with E-state index in [4.69, 9.17) is 5.84 Å². The van der Waals surface area contributed by atoms with E-state index in [1.54, 1.807) is 10.9 Å². The van der Waals surface area contributed by atoms with Crippen molar-refractivity contribution in [3.05, 3.63) is 22.1 Å². The number of fused-ring (bicyclic) bond motifs is 1. The van der Waals surface area contributed by atoms with Crippen LogP contribution in [0.25, 0.3) is 16.9 Å². The van der Waals surface area contributed by atoms with Crippen LogP contribution in [0.4, 0.5) is 5.95 Å². The topological polar surface area (TPSA) is 110 Å². The third-order valence-corrected chi connectivity index (χ3v) is 3.97. The molecule has 0 saturated heterocycles.